The molecule has 188 valence electrons. The number of sulfonamides is 1. The van der Waals surface area contributed by atoms with Crippen molar-refractivity contribution in [1.29, 1.82) is 0 Å². The summed E-state index contributed by atoms with van der Waals surface area (Å²) in [7, 11) is -1.65. The molecule has 2 rings (SSSR count). The Balaban J connectivity index is 2.51. The summed E-state index contributed by atoms with van der Waals surface area (Å²) in [6, 6.07) is 4.27. The van der Waals surface area contributed by atoms with E-state index in [1.165, 1.54) is 6.07 Å². The molecule has 0 saturated carbocycles. The molecule has 0 fully saturated rings. The van der Waals surface area contributed by atoms with Crippen LogP contribution in [0.3, 0.4) is 0 Å². The largest absolute Gasteiger partial charge is 0.490 e. The molecule has 0 radical (unpaired) electrons. The fraction of sp³-hybridized carbons (Fsp3) is 0.696. The number of aliphatic hydroxyl groups is 1. The maximum absolute atomic E-state index is 13.7. The normalized spacial score (nSPS) is 24.4. The van der Waals surface area contributed by atoms with Gasteiger partial charge in [0.1, 0.15) is 5.75 Å². The van der Waals surface area contributed by atoms with Crippen molar-refractivity contribution in [2.45, 2.75) is 58.3 Å². The van der Waals surface area contributed by atoms with E-state index in [0.29, 0.717) is 25.4 Å². The Labute approximate surface area is 197 Å². The molecule has 3 N–H and O–H groups in total. The van der Waals surface area contributed by atoms with Crippen molar-refractivity contribution in [3.63, 3.8) is 0 Å². The van der Waals surface area contributed by atoms with Crippen LogP contribution in [0.1, 0.15) is 50.4 Å². The molecular weight excluding hydrogens is 446 g/mol. The molecule has 0 aliphatic carbocycles. The molecule has 0 spiro atoms. The van der Waals surface area contributed by atoms with Crippen LogP contribution in [0.25, 0.3) is 0 Å². The summed E-state index contributed by atoms with van der Waals surface area (Å²) < 4.78 is 38.2. The second kappa shape index (κ2) is 12.5. The van der Waals surface area contributed by atoms with Crippen LogP contribution in [0.15, 0.2) is 18.2 Å². The van der Waals surface area contributed by atoms with Crippen LogP contribution in [-0.2, 0) is 14.8 Å². The Hall–Kier alpha value is -1.88. The average Bonchev–Trinajstić information content (AvgIpc) is 2.74. The minimum atomic E-state index is -3.52. The van der Waals surface area contributed by atoms with Crippen molar-refractivity contribution in [2.75, 3.05) is 44.3 Å². The summed E-state index contributed by atoms with van der Waals surface area (Å²) in [6.45, 7) is 7.20. The van der Waals surface area contributed by atoms with Crippen LogP contribution in [0, 0.1) is 5.92 Å². The molecule has 1 amide bonds. The number of aliphatic hydroxyl groups excluding tert-OH is 1. The van der Waals surface area contributed by atoms with Gasteiger partial charge < -0.3 is 24.8 Å². The quantitative estimate of drug-likeness (QED) is 0.565. The highest BCUT2D eigenvalue weighted by atomic mass is 32.2. The van der Waals surface area contributed by atoms with Gasteiger partial charge in [-0.25, -0.2) is 8.42 Å². The van der Waals surface area contributed by atoms with Gasteiger partial charge in [-0.2, -0.15) is 0 Å². The number of hydrogen-bond acceptors (Lipinski definition) is 7. The van der Waals surface area contributed by atoms with Crippen LogP contribution in [0.2, 0.25) is 0 Å². The van der Waals surface area contributed by atoms with Crippen LogP contribution in [0.5, 0.6) is 5.75 Å². The number of nitrogens with one attached hydrogen (secondary N) is 2. The lowest BCUT2D eigenvalue weighted by atomic mass is 10.0. The number of carbonyl (C=O) groups excluding carboxylic acids is 1. The van der Waals surface area contributed by atoms with Gasteiger partial charge in [0, 0.05) is 31.3 Å². The van der Waals surface area contributed by atoms with E-state index in [2.05, 4.69) is 10.0 Å². The van der Waals surface area contributed by atoms with Gasteiger partial charge in [0.25, 0.3) is 5.91 Å². The fourth-order valence-electron chi connectivity index (χ4n) is 3.89. The van der Waals surface area contributed by atoms with Crippen molar-refractivity contribution in [2.24, 2.45) is 5.92 Å². The SMILES string of the molecule is CNC[C@H]1OCCCC[C@H](C)Oc2ccc(NS(C)(=O)=O)cc2C(=O)N([C@@H](C)CO)C[C@@H]1C. The maximum Gasteiger partial charge on any atom is 0.258 e. The van der Waals surface area contributed by atoms with Gasteiger partial charge >= 0.3 is 0 Å². The Kier molecular flexibility index (Phi) is 10.4. The lowest BCUT2D eigenvalue weighted by molar-refractivity contribution is -0.000450. The highest BCUT2D eigenvalue weighted by molar-refractivity contribution is 7.92. The summed E-state index contributed by atoms with van der Waals surface area (Å²) >= 11 is 0. The number of benzene rings is 1. The van der Waals surface area contributed by atoms with Gasteiger partial charge in [0.15, 0.2) is 0 Å². The number of rotatable bonds is 6. The number of likely N-dealkylation sites (N-methyl/N-ethyl adjacent to an activating group) is 1. The Morgan fingerprint density at radius 1 is 1.27 bits per heavy atom. The highest BCUT2D eigenvalue weighted by Gasteiger charge is 2.29. The predicted molar refractivity (Wildman–Crippen MR) is 129 cm³/mol. The maximum atomic E-state index is 13.7. The van der Waals surface area contributed by atoms with Crippen molar-refractivity contribution in [1.82, 2.24) is 10.2 Å². The first kappa shape index (κ1) is 27.4. The van der Waals surface area contributed by atoms with Crippen LogP contribution in [0.4, 0.5) is 5.69 Å². The van der Waals surface area contributed by atoms with E-state index in [0.717, 1.165) is 25.5 Å². The van der Waals surface area contributed by atoms with Gasteiger partial charge in [-0.3, -0.25) is 9.52 Å². The molecule has 1 aliphatic heterocycles. The van der Waals surface area contributed by atoms with E-state index >= 15 is 0 Å². The second-order valence-electron chi connectivity index (χ2n) is 8.94. The molecule has 1 heterocycles. The number of hydrogen-bond donors (Lipinski definition) is 3. The van der Waals surface area contributed by atoms with Crippen LogP contribution >= 0.6 is 0 Å². The molecule has 33 heavy (non-hydrogen) atoms. The number of nitrogens with zero attached hydrogens (tertiary/aromatic N) is 1. The molecule has 10 heteroatoms. The number of anilines is 1. The zero-order chi connectivity index (χ0) is 24.6. The number of carbonyl (C=O) groups is 1. The van der Waals surface area contributed by atoms with Gasteiger partial charge in [0.2, 0.25) is 10.0 Å². The van der Waals surface area contributed by atoms with E-state index in [4.69, 9.17) is 9.47 Å². The lowest BCUT2D eigenvalue weighted by Crippen LogP contribution is -2.47. The van der Waals surface area contributed by atoms with Gasteiger partial charge in [-0.05, 0) is 58.4 Å². The second-order valence-corrected chi connectivity index (χ2v) is 10.7. The third-order valence-electron chi connectivity index (χ3n) is 5.76. The molecule has 0 unspecified atom stereocenters. The summed E-state index contributed by atoms with van der Waals surface area (Å²) in [5, 5.41) is 13.0. The van der Waals surface area contributed by atoms with Crippen molar-refractivity contribution >= 4 is 21.6 Å². The van der Waals surface area contributed by atoms with Crippen LogP contribution < -0.4 is 14.8 Å². The van der Waals surface area contributed by atoms with E-state index in [-0.39, 0.29) is 41.9 Å². The smallest absolute Gasteiger partial charge is 0.258 e. The molecule has 0 saturated heterocycles. The Morgan fingerprint density at radius 3 is 2.64 bits per heavy atom. The Morgan fingerprint density at radius 2 is 2.00 bits per heavy atom. The van der Waals surface area contributed by atoms with Crippen molar-refractivity contribution in [3.8, 4) is 5.75 Å². The summed E-state index contributed by atoms with van der Waals surface area (Å²) in [5.41, 5.74) is 0.536. The summed E-state index contributed by atoms with van der Waals surface area (Å²) in [6.07, 6.45) is 3.45. The van der Waals surface area contributed by atoms with Gasteiger partial charge in [-0.1, -0.05) is 6.92 Å². The summed E-state index contributed by atoms with van der Waals surface area (Å²) in [4.78, 5) is 15.4. The number of ether oxygens (including phenoxy) is 2. The first-order valence-electron chi connectivity index (χ1n) is 11.5. The highest BCUT2D eigenvalue weighted by Crippen LogP contribution is 2.28. The Bertz CT molecular complexity index is 879. The fourth-order valence-corrected chi connectivity index (χ4v) is 4.45. The molecule has 9 nitrogen and oxygen atoms in total. The molecule has 1 aromatic rings. The number of amides is 1. The number of fused-ring (bicyclic) bond motifs is 1. The average molecular weight is 486 g/mol. The standard InChI is InChI=1S/C23H39N3O6S/c1-16-14-26(17(2)15-27)23(28)20-12-19(25-33(5,29)30)9-10-21(20)32-18(3)8-6-7-11-31-22(16)13-24-4/h9-10,12,16-18,22,24-25,27H,6-8,11,13-15H2,1-5H3/t16-,17-,18-,22+/m0/s1. The van der Waals surface area contributed by atoms with Gasteiger partial charge in [-0.15, -0.1) is 0 Å². The van der Waals surface area contributed by atoms with Crippen molar-refractivity contribution in [3.05, 3.63) is 23.8 Å². The van der Waals surface area contributed by atoms with Crippen LogP contribution in [-0.4, -0.2) is 82.2 Å². The van der Waals surface area contributed by atoms with E-state index in [1.54, 1.807) is 24.0 Å². The topological polar surface area (TPSA) is 117 Å². The summed E-state index contributed by atoms with van der Waals surface area (Å²) in [5.74, 6) is 0.0661. The molecule has 1 aromatic carbocycles. The third kappa shape index (κ3) is 8.44. The van der Waals surface area contributed by atoms with Gasteiger partial charge in [0.05, 0.1) is 36.7 Å². The van der Waals surface area contributed by atoms with E-state index in [1.807, 2.05) is 20.9 Å². The van der Waals surface area contributed by atoms with Crippen molar-refractivity contribution < 1.29 is 27.8 Å². The predicted octanol–water partition coefficient (Wildman–Crippen LogP) is 2.07. The monoisotopic (exact) mass is 485 g/mol. The van der Waals surface area contributed by atoms with E-state index in [9.17, 15) is 18.3 Å². The zero-order valence-electron chi connectivity index (χ0n) is 20.3. The molecule has 0 aromatic heterocycles. The first-order valence-corrected chi connectivity index (χ1v) is 13.4. The first-order chi connectivity index (χ1) is 15.6. The van der Waals surface area contributed by atoms with E-state index < -0.39 is 16.1 Å². The minimum absolute atomic E-state index is 0.000963. The molecular formula is C23H39N3O6S. The molecule has 4 atom stereocenters. The minimum Gasteiger partial charge on any atom is -0.490 e. The third-order valence-corrected chi connectivity index (χ3v) is 6.37. The zero-order valence-corrected chi connectivity index (χ0v) is 21.2. The molecule has 1 aliphatic rings. The molecule has 0 bridgehead atoms. The lowest BCUT2D eigenvalue weighted by Gasteiger charge is -2.34.